The number of carbonyl (C=O) groups is 1. The molecule has 23 heavy (non-hydrogen) atoms. The maximum atomic E-state index is 11.9. The molecule has 0 fully saturated rings. The Balaban J connectivity index is 1.59. The Morgan fingerprint density at radius 2 is 2.04 bits per heavy atom. The lowest BCUT2D eigenvalue weighted by atomic mass is 10.1. The van der Waals surface area contributed by atoms with E-state index in [1.54, 1.807) is 13.0 Å². The van der Waals surface area contributed by atoms with Crippen molar-refractivity contribution in [1.29, 1.82) is 0 Å². The average Bonchev–Trinajstić information content (AvgIpc) is 2.98. The van der Waals surface area contributed by atoms with Crippen LogP contribution in [0.3, 0.4) is 0 Å². The van der Waals surface area contributed by atoms with Gasteiger partial charge in [-0.15, -0.1) is 0 Å². The first-order valence-corrected chi connectivity index (χ1v) is 7.63. The Hall–Kier alpha value is -2.69. The molecule has 0 spiro atoms. The molecule has 1 aromatic carbocycles. The van der Waals surface area contributed by atoms with Gasteiger partial charge in [0.2, 0.25) is 0 Å². The normalized spacial score (nSPS) is 10.9. The van der Waals surface area contributed by atoms with Crippen LogP contribution in [0.25, 0.3) is 10.9 Å². The first-order chi connectivity index (χ1) is 11.0. The molecule has 0 aliphatic carbocycles. The van der Waals surface area contributed by atoms with Gasteiger partial charge in [0.15, 0.2) is 5.75 Å². The molecule has 120 valence electrons. The molecule has 0 saturated heterocycles. The van der Waals surface area contributed by atoms with Crippen molar-refractivity contribution in [2.45, 2.75) is 27.2 Å². The molecule has 3 aromatic rings. The van der Waals surface area contributed by atoms with Gasteiger partial charge >= 0.3 is 6.09 Å². The lowest BCUT2D eigenvalue weighted by Crippen LogP contribution is -2.28. The molecule has 0 aliphatic rings. The number of benzene rings is 1. The molecule has 2 N–H and O–H groups in total. The van der Waals surface area contributed by atoms with Crippen LogP contribution in [0.15, 0.2) is 34.7 Å². The van der Waals surface area contributed by atoms with Crippen LogP contribution < -0.4 is 10.1 Å². The average molecular weight is 312 g/mol. The van der Waals surface area contributed by atoms with Crippen LogP contribution in [0.5, 0.6) is 5.75 Å². The quantitative estimate of drug-likeness (QED) is 0.764. The minimum Gasteiger partial charge on any atom is -0.463 e. The Morgan fingerprint density at radius 3 is 2.78 bits per heavy atom. The monoisotopic (exact) mass is 312 g/mol. The predicted molar refractivity (Wildman–Crippen MR) is 88.9 cm³/mol. The lowest BCUT2D eigenvalue weighted by Gasteiger charge is -2.06. The van der Waals surface area contributed by atoms with Crippen molar-refractivity contribution in [1.82, 2.24) is 10.3 Å². The topological polar surface area (TPSA) is 67.3 Å². The number of H-pyrrole nitrogens is 1. The van der Waals surface area contributed by atoms with E-state index < -0.39 is 6.09 Å². The van der Waals surface area contributed by atoms with E-state index in [0.29, 0.717) is 18.1 Å². The van der Waals surface area contributed by atoms with Crippen LogP contribution >= 0.6 is 0 Å². The zero-order valence-corrected chi connectivity index (χ0v) is 13.5. The molecule has 2 heterocycles. The lowest BCUT2D eigenvalue weighted by molar-refractivity contribution is 0.199. The second kappa shape index (κ2) is 6.20. The fourth-order valence-corrected chi connectivity index (χ4v) is 2.79. The van der Waals surface area contributed by atoms with Crippen molar-refractivity contribution < 1.29 is 13.9 Å². The first kappa shape index (κ1) is 15.2. The van der Waals surface area contributed by atoms with Crippen molar-refractivity contribution in [3.63, 3.8) is 0 Å². The van der Waals surface area contributed by atoms with Gasteiger partial charge in [0, 0.05) is 29.2 Å². The minimum absolute atomic E-state index is 0.461. The van der Waals surface area contributed by atoms with Gasteiger partial charge in [-0.25, -0.2) is 4.79 Å². The van der Waals surface area contributed by atoms with Gasteiger partial charge in [0.1, 0.15) is 11.5 Å². The molecular formula is C18H20N2O3. The van der Waals surface area contributed by atoms with E-state index in [0.717, 1.165) is 23.4 Å². The molecule has 5 heteroatoms. The molecule has 0 saturated carbocycles. The van der Waals surface area contributed by atoms with Gasteiger partial charge in [-0.1, -0.05) is 18.2 Å². The molecule has 5 nitrogen and oxygen atoms in total. The first-order valence-electron chi connectivity index (χ1n) is 7.63. The van der Waals surface area contributed by atoms with E-state index >= 15 is 0 Å². The smallest absolute Gasteiger partial charge is 0.412 e. The molecule has 0 atom stereocenters. The summed E-state index contributed by atoms with van der Waals surface area (Å²) in [5.74, 6) is 1.79. The van der Waals surface area contributed by atoms with Crippen LogP contribution in [0.1, 0.15) is 22.8 Å². The van der Waals surface area contributed by atoms with Crippen LogP contribution in [0, 0.1) is 20.8 Å². The third kappa shape index (κ3) is 3.23. The van der Waals surface area contributed by atoms with E-state index in [4.69, 9.17) is 9.15 Å². The third-order valence-corrected chi connectivity index (χ3v) is 3.87. The molecule has 0 aliphatic heterocycles. The second-order valence-electron chi connectivity index (χ2n) is 5.62. The number of hydrogen-bond acceptors (Lipinski definition) is 3. The van der Waals surface area contributed by atoms with Gasteiger partial charge in [0.25, 0.3) is 0 Å². The number of furan rings is 1. The number of hydrogen-bond donors (Lipinski definition) is 2. The van der Waals surface area contributed by atoms with Gasteiger partial charge < -0.3 is 19.5 Å². The Bertz CT molecular complexity index is 845. The number of nitrogens with one attached hydrogen (secondary N) is 2. The number of ether oxygens (including phenoxy) is 1. The number of rotatable bonds is 4. The highest BCUT2D eigenvalue weighted by Crippen LogP contribution is 2.23. The van der Waals surface area contributed by atoms with Crippen molar-refractivity contribution in [3.8, 4) is 5.75 Å². The van der Waals surface area contributed by atoms with Crippen LogP contribution in [-0.4, -0.2) is 17.6 Å². The molecule has 0 radical (unpaired) electrons. The molecule has 1 amide bonds. The summed E-state index contributed by atoms with van der Waals surface area (Å²) in [4.78, 5) is 15.2. The standard InChI is InChI=1S/C18H20N2O3/c1-11-10-17(13(3)22-11)23-18(21)19-9-8-14-12(2)20-16-7-5-4-6-15(14)16/h4-7,10,20H,8-9H2,1-3H3,(H,19,21). The van der Waals surface area contributed by atoms with E-state index in [9.17, 15) is 4.79 Å². The molecule has 2 aromatic heterocycles. The summed E-state index contributed by atoms with van der Waals surface area (Å²) in [5.41, 5.74) is 3.46. The van der Waals surface area contributed by atoms with Crippen LogP contribution in [0.4, 0.5) is 4.79 Å². The highest BCUT2D eigenvalue weighted by Gasteiger charge is 2.12. The Labute approximate surface area is 134 Å². The Morgan fingerprint density at radius 1 is 1.26 bits per heavy atom. The number of amides is 1. The number of aromatic amines is 1. The number of carbonyl (C=O) groups excluding carboxylic acids is 1. The highest BCUT2D eigenvalue weighted by molar-refractivity contribution is 5.84. The largest absolute Gasteiger partial charge is 0.463 e. The van der Waals surface area contributed by atoms with Crippen LogP contribution in [0.2, 0.25) is 0 Å². The maximum Gasteiger partial charge on any atom is 0.412 e. The SMILES string of the molecule is Cc1cc(OC(=O)NCCc2c(C)[nH]c3ccccc23)c(C)o1. The van der Waals surface area contributed by atoms with Gasteiger partial charge in [-0.05, 0) is 38.8 Å². The van der Waals surface area contributed by atoms with Gasteiger partial charge in [-0.2, -0.15) is 0 Å². The van der Waals surface area contributed by atoms with Crippen molar-refractivity contribution in [3.05, 3.63) is 53.1 Å². The van der Waals surface area contributed by atoms with Crippen LogP contribution in [-0.2, 0) is 6.42 Å². The third-order valence-electron chi connectivity index (χ3n) is 3.87. The summed E-state index contributed by atoms with van der Waals surface area (Å²) in [6, 6.07) is 9.87. The number of fused-ring (bicyclic) bond motifs is 1. The maximum absolute atomic E-state index is 11.9. The van der Waals surface area contributed by atoms with Gasteiger partial charge in [-0.3, -0.25) is 0 Å². The highest BCUT2D eigenvalue weighted by atomic mass is 16.6. The number of aryl methyl sites for hydroxylation is 3. The van der Waals surface area contributed by atoms with E-state index in [2.05, 4.69) is 22.4 Å². The zero-order valence-electron chi connectivity index (χ0n) is 13.5. The summed E-state index contributed by atoms with van der Waals surface area (Å²) in [6.07, 6.45) is 0.278. The summed E-state index contributed by atoms with van der Waals surface area (Å²) in [6.45, 7) is 6.14. The zero-order chi connectivity index (χ0) is 16.4. The summed E-state index contributed by atoms with van der Waals surface area (Å²) in [7, 11) is 0. The summed E-state index contributed by atoms with van der Waals surface area (Å²) < 4.78 is 10.6. The number of para-hydroxylation sites is 1. The van der Waals surface area contributed by atoms with E-state index in [-0.39, 0.29) is 0 Å². The predicted octanol–water partition coefficient (Wildman–Crippen LogP) is 4.02. The van der Waals surface area contributed by atoms with Gasteiger partial charge in [0.05, 0.1) is 0 Å². The molecule has 0 unspecified atom stereocenters. The Kier molecular flexibility index (Phi) is 4.10. The summed E-state index contributed by atoms with van der Waals surface area (Å²) >= 11 is 0. The molecular weight excluding hydrogens is 292 g/mol. The second-order valence-corrected chi connectivity index (χ2v) is 5.62. The van der Waals surface area contributed by atoms with Crippen molar-refractivity contribution in [2.24, 2.45) is 0 Å². The van der Waals surface area contributed by atoms with E-state index in [1.165, 1.54) is 10.9 Å². The number of aromatic nitrogens is 1. The molecule has 3 rings (SSSR count). The fraction of sp³-hybridized carbons (Fsp3) is 0.278. The van der Waals surface area contributed by atoms with Crippen molar-refractivity contribution in [2.75, 3.05) is 6.54 Å². The summed E-state index contributed by atoms with van der Waals surface area (Å²) in [5, 5.41) is 3.98. The van der Waals surface area contributed by atoms with E-state index in [1.807, 2.05) is 26.0 Å². The van der Waals surface area contributed by atoms with Crippen molar-refractivity contribution >= 4 is 17.0 Å². The fourth-order valence-electron chi connectivity index (χ4n) is 2.79. The minimum atomic E-state index is -0.466. The molecule has 0 bridgehead atoms.